The predicted octanol–water partition coefficient (Wildman–Crippen LogP) is 5.76. The summed E-state index contributed by atoms with van der Waals surface area (Å²) in [5.41, 5.74) is 3.35. The first-order chi connectivity index (χ1) is 13.9. The Kier molecular flexibility index (Phi) is 6.70. The average molecular weight is 396 g/mol. The summed E-state index contributed by atoms with van der Waals surface area (Å²) in [6, 6.07) is 12.7. The van der Waals surface area contributed by atoms with E-state index in [0.29, 0.717) is 18.9 Å². The zero-order valence-electron chi connectivity index (χ0n) is 16.4. The molecule has 152 valence electrons. The first-order valence-electron chi connectivity index (χ1n) is 9.69. The molecule has 5 heteroatoms. The van der Waals surface area contributed by atoms with Gasteiger partial charge in [-0.25, -0.2) is 9.18 Å². The zero-order chi connectivity index (χ0) is 20.8. The van der Waals surface area contributed by atoms with Crippen molar-refractivity contribution < 1.29 is 24.1 Å². The SMILES string of the molecule is CC(CC(=COCC1CC1)c1ccc(F)cc1)=C(O)Cc1cccc(C(=O)O)c1. The molecule has 0 aliphatic heterocycles. The van der Waals surface area contributed by atoms with Crippen molar-refractivity contribution in [2.75, 3.05) is 6.61 Å². The Morgan fingerprint density at radius 1 is 1.14 bits per heavy atom. The molecule has 0 aromatic heterocycles. The van der Waals surface area contributed by atoms with Crippen LogP contribution in [0.4, 0.5) is 4.39 Å². The van der Waals surface area contributed by atoms with Gasteiger partial charge in [0, 0.05) is 12.8 Å². The molecule has 1 aliphatic rings. The van der Waals surface area contributed by atoms with E-state index in [-0.39, 0.29) is 23.6 Å². The second kappa shape index (κ2) is 9.41. The molecular formula is C24H25FO4. The van der Waals surface area contributed by atoms with Crippen LogP contribution in [-0.4, -0.2) is 22.8 Å². The molecule has 0 heterocycles. The quantitative estimate of drug-likeness (QED) is 0.529. The highest BCUT2D eigenvalue weighted by Crippen LogP contribution is 2.30. The molecule has 0 amide bonds. The van der Waals surface area contributed by atoms with Crippen LogP contribution in [0.5, 0.6) is 0 Å². The second-order valence-corrected chi connectivity index (χ2v) is 7.51. The van der Waals surface area contributed by atoms with Crippen LogP contribution in [0.25, 0.3) is 5.57 Å². The third-order valence-corrected chi connectivity index (χ3v) is 4.96. The molecule has 0 unspecified atom stereocenters. The van der Waals surface area contributed by atoms with Crippen LogP contribution in [0.1, 0.15) is 47.7 Å². The van der Waals surface area contributed by atoms with Gasteiger partial charge in [-0.1, -0.05) is 24.3 Å². The van der Waals surface area contributed by atoms with Gasteiger partial charge in [-0.2, -0.15) is 0 Å². The van der Waals surface area contributed by atoms with Crippen LogP contribution in [-0.2, 0) is 11.2 Å². The molecule has 0 atom stereocenters. The molecule has 0 radical (unpaired) electrons. The van der Waals surface area contributed by atoms with E-state index in [9.17, 15) is 14.3 Å². The first-order valence-corrected chi connectivity index (χ1v) is 9.69. The van der Waals surface area contributed by atoms with Crippen molar-refractivity contribution in [2.45, 2.75) is 32.6 Å². The van der Waals surface area contributed by atoms with E-state index in [0.717, 1.165) is 22.3 Å². The minimum Gasteiger partial charge on any atom is -0.512 e. The number of hydrogen-bond donors (Lipinski definition) is 2. The van der Waals surface area contributed by atoms with Crippen molar-refractivity contribution in [3.8, 4) is 0 Å². The van der Waals surface area contributed by atoms with E-state index < -0.39 is 5.97 Å². The van der Waals surface area contributed by atoms with Crippen LogP contribution in [0.3, 0.4) is 0 Å². The number of hydrogen-bond acceptors (Lipinski definition) is 3. The van der Waals surface area contributed by atoms with Crippen LogP contribution in [0, 0.1) is 11.7 Å². The molecule has 4 nitrogen and oxygen atoms in total. The monoisotopic (exact) mass is 396 g/mol. The van der Waals surface area contributed by atoms with Crippen molar-refractivity contribution in [3.05, 3.63) is 88.6 Å². The number of carbonyl (C=O) groups is 1. The van der Waals surface area contributed by atoms with Gasteiger partial charge >= 0.3 is 5.97 Å². The summed E-state index contributed by atoms with van der Waals surface area (Å²) in [4.78, 5) is 11.1. The van der Waals surface area contributed by atoms with Crippen LogP contribution >= 0.6 is 0 Å². The van der Waals surface area contributed by atoms with Gasteiger partial charge in [0.15, 0.2) is 0 Å². The third-order valence-electron chi connectivity index (χ3n) is 4.96. The molecule has 29 heavy (non-hydrogen) atoms. The molecule has 3 rings (SSSR count). The molecule has 1 saturated carbocycles. The van der Waals surface area contributed by atoms with Crippen molar-refractivity contribution >= 4 is 11.5 Å². The van der Waals surface area contributed by atoms with E-state index in [1.54, 1.807) is 36.6 Å². The Balaban J connectivity index is 1.76. The number of aromatic carboxylic acids is 1. The molecule has 2 aromatic carbocycles. The Morgan fingerprint density at radius 2 is 1.86 bits per heavy atom. The van der Waals surface area contributed by atoms with Gasteiger partial charge in [0.2, 0.25) is 0 Å². The maximum absolute atomic E-state index is 13.3. The summed E-state index contributed by atoms with van der Waals surface area (Å²) in [6.45, 7) is 2.50. The fourth-order valence-corrected chi connectivity index (χ4v) is 2.99. The van der Waals surface area contributed by atoms with Gasteiger partial charge in [0.1, 0.15) is 5.82 Å². The Bertz CT molecular complexity index is 924. The van der Waals surface area contributed by atoms with Crippen molar-refractivity contribution in [2.24, 2.45) is 5.92 Å². The lowest BCUT2D eigenvalue weighted by Crippen LogP contribution is -2.00. The van der Waals surface area contributed by atoms with Gasteiger partial charge in [0.05, 0.1) is 24.2 Å². The normalized spacial score (nSPS) is 15.0. The fraction of sp³-hybridized carbons (Fsp3) is 0.292. The average Bonchev–Trinajstić information content (AvgIpc) is 3.52. The van der Waals surface area contributed by atoms with Crippen LogP contribution < -0.4 is 0 Å². The Hall–Kier alpha value is -3.08. The van der Waals surface area contributed by atoms with Gasteiger partial charge in [0.25, 0.3) is 0 Å². The minimum absolute atomic E-state index is 0.183. The third kappa shape index (κ3) is 6.21. The first kappa shape index (κ1) is 20.6. The van der Waals surface area contributed by atoms with Crippen LogP contribution in [0.2, 0.25) is 0 Å². The van der Waals surface area contributed by atoms with Crippen molar-refractivity contribution in [3.63, 3.8) is 0 Å². The van der Waals surface area contributed by atoms with Gasteiger partial charge in [-0.05, 0) is 72.2 Å². The summed E-state index contributed by atoms with van der Waals surface area (Å²) < 4.78 is 19.0. The molecular weight excluding hydrogens is 371 g/mol. The van der Waals surface area contributed by atoms with E-state index in [2.05, 4.69) is 0 Å². The standard InChI is InChI=1S/C24H25FO4/c1-16(23(26)13-18-3-2-4-20(12-18)24(27)28)11-21(15-29-14-17-5-6-17)19-7-9-22(25)10-8-19/h2-4,7-10,12,15,17,26H,5-6,11,13-14H2,1H3,(H,27,28). The lowest BCUT2D eigenvalue weighted by molar-refractivity contribution is 0.0696. The molecule has 0 saturated heterocycles. The predicted molar refractivity (Wildman–Crippen MR) is 110 cm³/mol. The zero-order valence-corrected chi connectivity index (χ0v) is 16.4. The maximum atomic E-state index is 13.3. The van der Waals surface area contributed by atoms with Crippen molar-refractivity contribution in [1.29, 1.82) is 0 Å². The number of benzene rings is 2. The maximum Gasteiger partial charge on any atom is 0.335 e. The molecule has 2 N–H and O–H groups in total. The summed E-state index contributed by atoms with van der Waals surface area (Å²) >= 11 is 0. The molecule has 1 fully saturated rings. The van der Waals surface area contributed by atoms with Gasteiger partial charge in [-0.3, -0.25) is 0 Å². The topological polar surface area (TPSA) is 66.8 Å². The lowest BCUT2D eigenvalue weighted by atomic mass is 9.97. The highest BCUT2D eigenvalue weighted by Gasteiger charge is 2.21. The van der Waals surface area contributed by atoms with Crippen LogP contribution in [0.15, 0.2) is 66.1 Å². The van der Waals surface area contributed by atoms with E-state index in [4.69, 9.17) is 9.84 Å². The number of carboxylic acid groups (broad SMARTS) is 1. The summed E-state index contributed by atoms with van der Waals surface area (Å²) in [5, 5.41) is 19.7. The smallest absolute Gasteiger partial charge is 0.335 e. The number of halogens is 1. The number of aliphatic hydroxyl groups is 1. The van der Waals surface area contributed by atoms with E-state index in [1.807, 2.05) is 6.92 Å². The van der Waals surface area contributed by atoms with E-state index >= 15 is 0 Å². The summed E-state index contributed by atoms with van der Waals surface area (Å²) in [7, 11) is 0. The largest absolute Gasteiger partial charge is 0.512 e. The van der Waals surface area contributed by atoms with Gasteiger partial charge < -0.3 is 14.9 Å². The van der Waals surface area contributed by atoms with E-state index in [1.165, 1.54) is 31.0 Å². The van der Waals surface area contributed by atoms with Crippen molar-refractivity contribution in [1.82, 2.24) is 0 Å². The number of aliphatic hydroxyl groups excluding tert-OH is 1. The molecule has 0 spiro atoms. The second-order valence-electron chi connectivity index (χ2n) is 7.51. The number of carboxylic acids is 1. The molecule has 1 aliphatic carbocycles. The number of allylic oxidation sites excluding steroid dienone is 3. The summed E-state index contributed by atoms with van der Waals surface area (Å²) in [6.07, 6.45) is 4.77. The van der Waals surface area contributed by atoms with Gasteiger partial charge in [-0.15, -0.1) is 0 Å². The summed E-state index contributed by atoms with van der Waals surface area (Å²) in [5.74, 6) is -0.503. The Labute approximate surface area is 170 Å². The fourth-order valence-electron chi connectivity index (χ4n) is 2.99. The minimum atomic E-state index is -0.999. The highest BCUT2D eigenvalue weighted by atomic mass is 19.1. The Morgan fingerprint density at radius 3 is 2.52 bits per heavy atom. The molecule has 0 bridgehead atoms. The number of ether oxygens (including phenoxy) is 1. The highest BCUT2D eigenvalue weighted by molar-refractivity contribution is 5.87. The number of rotatable bonds is 9. The lowest BCUT2D eigenvalue weighted by Gasteiger charge is -2.12. The molecule has 2 aromatic rings.